The molecule has 8 heteroatoms. The SMILES string of the molecule is C[C@@H]1CCc2c(sc3c2c(=O)n(CC(=O)[O-])c(=O)n3CC[NH+]2CCCCC2)C1. The number of carbonyl (C=O) groups excluding carboxylic acids is 1. The molecule has 28 heavy (non-hydrogen) atoms. The van der Waals surface area contributed by atoms with Gasteiger partial charge in [-0.1, -0.05) is 6.92 Å². The van der Waals surface area contributed by atoms with Crippen LogP contribution in [0.5, 0.6) is 0 Å². The van der Waals surface area contributed by atoms with Crippen molar-refractivity contribution in [2.75, 3.05) is 19.6 Å². The number of piperidine rings is 1. The van der Waals surface area contributed by atoms with Gasteiger partial charge in [0, 0.05) is 4.88 Å². The summed E-state index contributed by atoms with van der Waals surface area (Å²) in [6, 6.07) is 0. The van der Waals surface area contributed by atoms with Gasteiger partial charge in [0.15, 0.2) is 0 Å². The number of thiophene rings is 1. The molecule has 1 atom stereocenters. The van der Waals surface area contributed by atoms with Crippen LogP contribution in [0.2, 0.25) is 0 Å². The van der Waals surface area contributed by atoms with Crippen LogP contribution in [0.3, 0.4) is 0 Å². The third-order valence-electron chi connectivity index (χ3n) is 6.20. The molecule has 4 rings (SSSR count). The third kappa shape index (κ3) is 3.55. The smallest absolute Gasteiger partial charge is 0.332 e. The van der Waals surface area contributed by atoms with Gasteiger partial charge >= 0.3 is 5.69 Å². The maximum absolute atomic E-state index is 13.0. The minimum Gasteiger partial charge on any atom is -0.548 e. The number of fused-ring (bicyclic) bond motifs is 3. The Balaban J connectivity index is 1.82. The average Bonchev–Trinajstić information content (AvgIpc) is 3.04. The molecule has 1 saturated heterocycles. The zero-order valence-electron chi connectivity index (χ0n) is 16.3. The second-order valence-electron chi connectivity index (χ2n) is 8.29. The van der Waals surface area contributed by atoms with Crippen molar-refractivity contribution in [2.45, 2.75) is 58.5 Å². The fraction of sp³-hybridized carbons (Fsp3) is 0.650. The Labute approximate surface area is 167 Å². The number of aliphatic carboxylic acids is 1. The number of quaternary nitrogens is 1. The van der Waals surface area contributed by atoms with E-state index < -0.39 is 23.8 Å². The Morgan fingerprint density at radius 2 is 1.96 bits per heavy atom. The highest BCUT2D eigenvalue weighted by atomic mass is 32.1. The summed E-state index contributed by atoms with van der Waals surface area (Å²) in [6.45, 7) is 5.05. The van der Waals surface area contributed by atoms with Gasteiger partial charge in [0.25, 0.3) is 5.56 Å². The Morgan fingerprint density at radius 3 is 2.68 bits per heavy atom. The van der Waals surface area contributed by atoms with E-state index in [2.05, 4.69) is 6.92 Å². The van der Waals surface area contributed by atoms with Gasteiger partial charge in [-0.3, -0.25) is 13.9 Å². The second-order valence-corrected chi connectivity index (χ2v) is 9.37. The normalized spacial score (nSPS) is 20.4. The van der Waals surface area contributed by atoms with Crippen LogP contribution in [0.1, 0.15) is 43.0 Å². The van der Waals surface area contributed by atoms with Crippen molar-refractivity contribution in [2.24, 2.45) is 5.92 Å². The first-order chi connectivity index (χ1) is 13.5. The predicted octanol–water partition coefficient (Wildman–Crippen LogP) is -0.832. The molecular weight excluding hydrogens is 378 g/mol. The van der Waals surface area contributed by atoms with E-state index >= 15 is 0 Å². The molecule has 0 spiro atoms. The quantitative estimate of drug-likeness (QED) is 0.703. The monoisotopic (exact) mass is 405 g/mol. The van der Waals surface area contributed by atoms with Crippen molar-refractivity contribution in [3.05, 3.63) is 31.3 Å². The van der Waals surface area contributed by atoms with E-state index in [0.717, 1.165) is 53.9 Å². The lowest BCUT2D eigenvalue weighted by atomic mass is 9.89. The fourth-order valence-electron chi connectivity index (χ4n) is 4.64. The number of aryl methyl sites for hydroxylation is 1. The largest absolute Gasteiger partial charge is 0.548 e. The lowest BCUT2D eigenvalue weighted by Crippen LogP contribution is -3.13. The lowest BCUT2D eigenvalue weighted by molar-refractivity contribution is -0.905. The zero-order valence-corrected chi connectivity index (χ0v) is 17.1. The number of hydrogen-bond donors (Lipinski definition) is 1. The number of carboxylic acids is 1. The van der Waals surface area contributed by atoms with Gasteiger partial charge in [-0.05, 0) is 50.0 Å². The molecule has 1 aliphatic heterocycles. The van der Waals surface area contributed by atoms with Gasteiger partial charge in [0.2, 0.25) is 0 Å². The summed E-state index contributed by atoms with van der Waals surface area (Å²) in [5, 5.41) is 11.7. The predicted molar refractivity (Wildman–Crippen MR) is 106 cm³/mol. The minimum absolute atomic E-state index is 0.474. The van der Waals surface area contributed by atoms with Crippen molar-refractivity contribution in [1.82, 2.24) is 9.13 Å². The molecule has 0 radical (unpaired) electrons. The number of aromatic nitrogens is 2. The summed E-state index contributed by atoms with van der Waals surface area (Å²) in [4.78, 5) is 40.6. The molecule has 0 amide bonds. The summed E-state index contributed by atoms with van der Waals surface area (Å²) in [5.41, 5.74) is 0.0249. The molecular formula is C20H27N3O4S. The number of likely N-dealkylation sites (tertiary alicyclic amines) is 1. The number of carbonyl (C=O) groups is 1. The molecule has 0 unspecified atom stereocenters. The topological polar surface area (TPSA) is 88.6 Å². The van der Waals surface area contributed by atoms with Crippen LogP contribution in [-0.2, 0) is 30.7 Å². The third-order valence-corrected chi connectivity index (χ3v) is 7.47. The summed E-state index contributed by atoms with van der Waals surface area (Å²) in [6.07, 6.45) is 6.41. The van der Waals surface area contributed by atoms with E-state index in [1.807, 2.05) is 0 Å². The van der Waals surface area contributed by atoms with E-state index in [1.165, 1.54) is 29.0 Å². The number of nitrogens with zero attached hydrogens (tertiary/aromatic N) is 2. The van der Waals surface area contributed by atoms with Crippen molar-refractivity contribution in [1.29, 1.82) is 0 Å². The minimum atomic E-state index is -1.41. The Morgan fingerprint density at radius 1 is 1.21 bits per heavy atom. The first kappa shape index (κ1) is 19.4. The maximum Gasteiger partial charge on any atom is 0.332 e. The molecule has 7 nitrogen and oxygen atoms in total. The van der Waals surface area contributed by atoms with Crippen LogP contribution in [0.4, 0.5) is 0 Å². The standard InChI is InChI=1S/C20H27N3O4S/c1-13-5-6-14-15(11-13)28-19-17(14)18(26)23(12-16(24)25)20(27)22(19)10-9-21-7-3-2-4-8-21/h13H,2-12H2,1H3,(H,24,25)/t13-/m1/s1. The van der Waals surface area contributed by atoms with Crippen molar-refractivity contribution >= 4 is 27.5 Å². The van der Waals surface area contributed by atoms with Crippen LogP contribution in [0.15, 0.2) is 9.59 Å². The van der Waals surface area contributed by atoms with Crippen LogP contribution in [-0.4, -0.2) is 34.7 Å². The summed E-state index contributed by atoms with van der Waals surface area (Å²) >= 11 is 1.55. The van der Waals surface area contributed by atoms with Crippen LogP contribution < -0.4 is 21.3 Å². The van der Waals surface area contributed by atoms with E-state index in [4.69, 9.17) is 0 Å². The molecule has 1 N–H and O–H groups in total. The average molecular weight is 406 g/mol. The summed E-state index contributed by atoms with van der Waals surface area (Å²) in [5.74, 6) is -0.853. The molecule has 0 aromatic carbocycles. The number of hydrogen-bond acceptors (Lipinski definition) is 5. The van der Waals surface area contributed by atoms with Gasteiger partial charge in [0.1, 0.15) is 4.83 Å². The zero-order chi connectivity index (χ0) is 19.8. The molecule has 0 bridgehead atoms. The Bertz CT molecular complexity index is 1010. The van der Waals surface area contributed by atoms with Crippen molar-refractivity contribution in [3.8, 4) is 0 Å². The van der Waals surface area contributed by atoms with Crippen molar-refractivity contribution < 1.29 is 14.8 Å². The molecule has 2 aliphatic rings. The molecule has 2 aromatic heterocycles. The molecule has 1 aliphatic carbocycles. The second kappa shape index (κ2) is 7.83. The molecule has 3 heterocycles. The number of carboxylic acid groups (broad SMARTS) is 1. The highest BCUT2D eigenvalue weighted by molar-refractivity contribution is 7.18. The van der Waals surface area contributed by atoms with E-state index in [9.17, 15) is 19.5 Å². The van der Waals surface area contributed by atoms with Crippen molar-refractivity contribution in [3.63, 3.8) is 0 Å². The molecule has 152 valence electrons. The molecule has 2 aromatic rings. The van der Waals surface area contributed by atoms with Gasteiger partial charge in [-0.15, -0.1) is 11.3 Å². The molecule has 0 saturated carbocycles. The van der Waals surface area contributed by atoms with Gasteiger partial charge in [-0.25, -0.2) is 4.79 Å². The van der Waals surface area contributed by atoms with Crippen LogP contribution >= 0.6 is 11.3 Å². The van der Waals surface area contributed by atoms with E-state index in [-0.39, 0.29) is 0 Å². The Kier molecular flexibility index (Phi) is 5.42. The highest BCUT2D eigenvalue weighted by Crippen LogP contribution is 2.36. The molecule has 1 fully saturated rings. The first-order valence-electron chi connectivity index (χ1n) is 10.3. The number of nitrogens with one attached hydrogen (secondary N) is 1. The van der Waals surface area contributed by atoms with Gasteiger partial charge in [-0.2, -0.15) is 0 Å². The summed E-state index contributed by atoms with van der Waals surface area (Å²) in [7, 11) is 0. The van der Waals surface area contributed by atoms with Gasteiger partial charge < -0.3 is 14.8 Å². The van der Waals surface area contributed by atoms with E-state index in [0.29, 0.717) is 17.8 Å². The Hall–Kier alpha value is -1.93. The first-order valence-corrected chi connectivity index (χ1v) is 11.1. The number of rotatable bonds is 5. The van der Waals surface area contributed by atoms with E-state index in [1.54, 1.807) is 15.9 Å². The lowest BCUT2D eigenvalue weighted by Gasteiger charge is -2.24. The van der Waals surface area contributed by atoms with Gasteiger partial charge in [0.05, 0.1) is 44.1 Å². The van der Waals surface area contributed by atoms with Crippen LogP contribution in [0, 0.1) is 5.92 Å². The van der Waals surface area contributed by atoms with Crippen LogP contribution in [0.25, 0.3) is 10.2 Å². The maximum atomic E-state index is 13.0. The fourth-order valence-corrected chi connectivity index (χ4v) is 6.16. The summed E-state index contributed by atoms with van der Waals surface area (Å²) < 4.78 is 2.50. The highest BCUT2D eigenvalue weighted by Gasteiger charge is 2.26.